The highest BCUT2D eigenvalue weighted by molar-refractivity contribution is 5.92. The van der Waals surface area contributed by atoms with Crippen molar-refractivity contribution >= 4 is 11.9 Å². The zero-order chi connectivity index (χ0) is 22.7. The molecule has 0 saturated carbocycles. The van der Waals surface area contributed by atoms with Gasteiger partial charge in [0.15, 0.2) is 11.5 Å². The second-order valence-corrected chi connectivity index (χ2v) is 7.36. The zero-order valence-corrected chi connectivity index (χ0v) is 18.5. The number of carbonyl (C=O) groups excluding carboxylic acids is 1. The Morgan fingerprint density at radius 1 is 1.12 bits per heavy atom. The molecule has 9 heteroatoms. The van der Waals surface area contributed by atoms with Crippen LogP contribution in [0.4, 0.5) is 5.95 Å². The number of methoxy groups -OCH3 is 1. The molecule has 2 heterocycles. The van der Waals surface area contributed by atoms with Crippen LogP contribution in [0.3, 0.4) is 0 Å². The molecule has 4 rings (SSSR count). The summed E-state index contributed by atoms with van der Waals surface area (Å²) in [5.41, 5.74) is 4.07. The van der Waals surface area contributed by atoms with E-state index in [2.05, 4.69) is 33.8 Å². The number of fused-ring (bicyclic) bond motifs is 1. The van der Waals surface area contributed by atoms with Crippen LogP contribution in [0.25, 0.3) is 0 Å². The topological polar surface area (TPSA) is 100 Å². The molecule has 1 aliphatic rings. The highest BCUT2D eigenvalue weighted by atomic mass is 16.5. The van der Waals surface area contributed by atoms with E-state index in [9.17, 15) is 4.79 Å². The molecule has 0 aliphatic carbocycles. The zero-order valence-electron chi connectivity index (χ0n) is 18.5. The van der Waals surface area contributed by atoms with Gasteiger partial charge in [0.25, 0.3) is 0 Å². The van der Waals surface area contributed by atoms with E-state index >= 15 is 0 Å². The molecule has 166 valence electrons. The largest absolute Gasteiger partial charge is 0.490 e. The van der Waals surface area contributed by atoms with Crippen molar-refractivity contribution in [1.82, 2.24) is 20.2 Å². The number of tetrazole rings is 1. The Morgan fingerprint density at radius 2 is 1.94 bits per heavy atom. The Labute approximate surface area is 186 Å². The molecule has 1 aliphatic heterocycles. The highest BCUT2D eigenvalue weighted by Crippen LogP contribution is 2.39. The van der Waals surface area contributed by atoms with Crippen molar-refractivity contribution in [1.29, 1.82) is 0 Å². The molecule has 0 spiro atoms. The molecule has 9 nitrogen and oxygen atoms in total. The number of esters is 1. The first-order valence-corrected chi connectivity index (χ1v) is 10.3. The molecule has 0 radical (unpaired) electrons. The van der Waals surface area contributed by atoms with Crippen LogP contribution in [0.15, 0.2) is 53.7 Å². The van der Waals surface area contributed by atoms with E-state index in [1.54, 1.807) is 11.6 Å². The van der Waals surface area contributed by atoms with Gasteiger partial charge in [0.05, 0.1) is 19.3 Å². The molecule has 32 heavy (non-hydrogen) atoms. The van der Waals surface area contributed by atoms with Gasteiger partial charge in [0.2, 0.25) is 5.95 Å². The summed E-state index contributed by atoms with van der Waals surface area (Å²) in [4.78, 5) is 12.6. The number of anilines is 1. The molecule has 1 unspecified atom stereocenters. The molecule has 1 atom stereocenters. The summed E-state index contributed by atoms with van der Waals surface area (Å²) in [5, 5.41) is 14.9. The maximum Gasteiger partial charge on any atom is 0.338 e. The molecule has 1 N–H and O–H groups in total. The van der Waals surface area contributed by atoms with Gasteiger partial charge in [-0.2, -0.15) is 4.68 Å². The number of benzene rings is 2. The van der Waals surface area contributed by atoms with E-state index in [1.807, 2.05) is 43.3 Å². The first-order chi connectivity index (χ1) is 15.5. The number of nitrogens with zero attached hydrogens (tertiary/aromatic N) is 4. The highest BCUT2D eigenvalue weighted by Gasteiger charge is 2.35. The minimum absolute atomic E-state index is 0.420. The lowest BCUT2D eigenvalue weighted by Gasteiger charge is -2.27. The van der Waals surface area contributed by atoms with Crippen LogP contribution in [0, 0.1) is 6.92 Å². The smallest absolute Gasteiger partial charge is 0.338 e. The van der Waals surface area contributed by atoms with Crippen LogP contribution in [-0.2, 0) is 16.1 Å². The molecule has 2 aromatic carbocycles. The molecular formula is C23H25N5O4. The van der Waals surface area contributed by atoms with Gasteiger partial charge in [-0.05, 0) is 60.0 Å². The summed E-state index contributed by atoms with van der Waals surface area (Å²) in [5.74, 6) is 1.18. The number of allylic oxidation sites excluding steroid dienone is 1. The number of hydrogen-bond acceptors (Lipinski definition) is 8. The minimum Gasteiger partial charge on any atom is -0.490 e. The molecule has 0 fully saturated rings. The van der Waals surface area contributed by atoms with Crippen molar-refractivity contribution in [2.75, 3.05) is 19.0 Å². The lowest BCUT2D eigenvalue weighted by Crippen LogP contribution is -2.29. The number of ether oxygens (including phenoxy) is 3. The molecule has 1 aromatic heterocycles. The third-order valence-corrected chi connectivity index (χ3v) is 5.35. The normalized spacial score (nSPS) is 15.1. The van der Waals surface area contributed by atoms with Crippen LogP contribution >= 0.6 is 0 Å². The van der Waals surface area contributed by atoms with Crippen LogP contribution < -0.4 is 14.8 Å². The predicted molar refractivity (Wildman–Crippen MR) is 117 cm³/mol. The van der Waals surface area contributed by atoms with Crippen molar-refractivity contribution in [2.45, 2.75) is 33.4 Å². The lowest BCUT2D eigenvalue weighted by atomic mass is 9.95. The van der Waals surface area contributed by atoms with E-state index in [-0.39, 0.29) is 0 Å². The molecule has 0 saturated heterocycles. The van der Waals surface area contributed by atoms with Crippen molar-refractivity contribution in [2.24, 2.45) is 0 Å². The number of nitrogens with one attached hydrogen (secondary N) is 1. The lowest BCUT2D eigenvalue weighted by molar-refractivity contribution is -0.136. The fraction of sp³-hybridized carbons (Fsp3) is 0.304. The molecular weight excluding hydrogens is 410 g/mol. The van der Waals surface area contributed by atoms with E-state index < -0.39 is 12.0 Å². The van der Waals surface area contributed by atoms with Gasteiger partial charge in [-0.3, -0.25) is 0 Å². The summed E-state index contributed by atoms with van der Waals surface area (Å²) in [6, 6.07) is 13.1. The maximum atomic E-state index is 12.6. The first-order valence-electron chi connectivity index (χ1n) is 10.3. The van der Waals surface area contributed by atoms with Gasteiger partial charge in [0, 0.05) is 5.70 Å². The third kappa shape index (κ3) is 4.01. The Kier molecular flexibility index (Phi) is 6.07. The fourth-order valence-corrected chi connectivity index (χ4v) is 3.70. The van der Waals surface area contributed by atoms with Gasteiger partial charge in [0.1, 0.15) is 12.6 Å². The maximum absolute atomic E-state index is 12.6. The van der Waals surface area contributed by atoms with Crippen LogP contribution in [-0.4, -0.2) is 39.9 Å². The van der Waals surface area contributed by atoms with E-state index in [0.717, 1.165) is 16.7 Å². The number of aryl methyl sites for hydroxylation is 1. The van der Waals surface area contributed by atoms with Gasteiger partial charge < -0.3 is 19.5 Å². The Balaban J connectivity index is 1.71. The molecule has 0 amide bonds. The van der Waals surface area contributed by atoms with E-state index in [1.165, 1.54) is 7.11 Å². The second kappa shape index (κ2) is 9.09. The number of carbonyl (C=O) groups is 1. The van der Waals surface area contributed by atoms with Gasteiger partial charge in [-0.1, -0.05) is 35.4 Å². The van der Waals surface area contributed by atoms with Gasteiger partial charge in [-0.25, -0.2) is 4.79 Å². The minimum atomic E-state index is -0.571. The van der Waals surface area contributed by atoms with Crippen LogP contribution in [0.1, 0.15) is 36.6 Å². The average Bonchev–Trinajstić information content (AvgIpc) is 3.26. The average molecular weight is 435 g/mol. The van der Waals surface area contributed by atoms with Crippen molar-refractivity contribution in [3.63, 3.8) is 0 Å². The van der Waals surface area contributed by atoms with Gasteiger partial charge in [-0.15, -0.1) is 0 Å². The Bertz CT molecular complexity index is 1170. The SMILES string of the molecule is CCOc1cc(C2C(C(=O)OC)=C(C)Nc3nnnn32)ccc1OCc1ccccc1C. The summed E-state index contributed by atoms with van der Waals surface area (Å²) in [6.07, 6.45) is 0. The van der Waals surface area contributed by atoms with E-state index in [0.29, 0.717) is 41.9 Å². The predicted octanol–water partition coefficient (Wildman–Crippen LogP) is 3.42. The summed E-state index contributed by atoms with van der Waals surface area (Å²) in [7, 11) is 1.35. The standard InChI is InChI=1S/C23H25N5O4/c1-5-31-19-12-16(10-11-18(19)32-13-17-9-7-6-8-14(17)2)21-20(22(29)30-4)15(3)24-23-25-26-27-28(21)23/h6-12,21H,5,13H2,1-4H3,(H,24,25,27). The van der Waals surface area contributed by atoms with Crippen LogP contribution in [0.2, 0.25) is 0 Å². The number of hydrogen-bond donors (Lipinski definition) is 1. The quantitative estimate of drug-likeness (QED) is 0.564. The Morgan fingerprint density at radius 3 is 2.69 bits per heavy atom. The van der Waals surface area contributed by atoms with Crippen molar-refractivity contribution < 1.29 is 19.0 Å². The molecule has 0 bridgehead atoms. The fourth-order valence-electron chi connectivity index (χ4n) is 3.70. The third-order valence-electron chi connectivity index (χ3n) is 5.35. The van der Waals surface area contributed by atoms with Crippen molar-refractivity contribution in [3.8, 4) is 11.5 Å². The second-order valence-electron chi connectivity index (χ2n) is 7.36. The first kappa shape index (κ1) is 21.4. The van der Waals surface area contributed by atoms with E-state index in [4.69, 9.17) is 14.2 Å². The Hall–Kier alpha value is -3.88. The number of rotatable bonds is 7. The monoisotopic (exact) mass is 435 g/mol. The van der Waals surface area contributed by atoms with Crippen molar-refractivity contribution in [3.05, 3.63) is 70.4 Å². The summed E-state index contributed by atoms with van der Waals surface area (Å²) < 4.78 is 18.5. The molecule has 3 aromatic rings. The summed E-state index contributed by atoms with van der Waals surface area (Å²) >= 11 is 0. The van der Waals surface area contributed by atoms with Crippen LogP contribution in [0.5, 0.6) is 11.5 Å². The van der Waals surface area contributed by atoms with Gasteiger partial charge >= 0.3 is 5.97 Å². The summed E-state index contributed by atoms with van der Waals surface area (Å²) in [6.45, 7) is 6.63. The number of aromatic nitrogens is 4.